The van der Waals surface area contributed by atoms with Crippen molar-refractivity contribution in [1.29, 1.82) is 0 Å². The molecule has 0 amide bonds. The number of benzene rings is 3. The summed E-state index contributed by atoms with van der Waals surface area (Å²) in [5.41, 5.74) is 10.1. The fourth-order valence-corrected chi connectivity index (χ4v) is 9.31. The second-order valence-corrected chi connectivity index (χ2v) is 23.9. The maximum atomic E-state index is 6.15. The molecule has 0 bridgehead atoms. The molecule has 7 heteroatoms. The number of rotatable bonds is 5. The largest absolute Gasteiger partial charge is 0.486 e. The van der Waals surface area contributed by atoms with Crippen molar-refractivity contribution in [2.75, 3.05) is 0 Å². The van der Waals surface area contributed by atoms with Crippen molar-refractivity contribution in [3.8, 4) is 22.6 Å². The molecule has 0 unspecified atom stereocenters. The Bertz CT molecular complexity index is 2140. The molecule has 0 fully saturated rings. The molecule has 0 saturated carbocycles. The fraction of sp³-hybridized carbons (Fsp3) is 0.256. The van der Waals surface area contributed by atoms with E-state index in [4.69, 9.17) is 14.4 Å². The molecule has 4 aromatic heterocycles. The van der Waals surface area contributed by atoms with Gasteiger partial charge in [0.05, 0.1) is 22.4 Å². The van der Waals surface area contributed by atoms with Crippen LogP contribution in [-0.4, -0.2) is 32.8 Å². The fourth-order valence-electron chi connectivity index (χ4n) is 5.97. The normalized spacial score (nSPS) is 11.6. The van der Waals surface area contributed by atoms with E-state index >= 15 is 0 Å². The van der Waals surface area contributed by atoms with E-state index in [0.717, 1.165) is 67.7 Å². The van der Waals surface area contributed by atoms with Gasteiger partial charge in [-0.2, -0.15) is 0 Å². The summed E-state index contributed by atoms with van der Waals surface area (Å²) < 4.78 is 9.78. The van der Waals surface area contributed by atoms with Crippen LogP contribution in [0.1, 0.15) is 30.7 Å². The van der Waals surface area contributed by atoms with Crippen LogP contribution < -0.4 is 4.40 Å². The third kappa shape index (κ3) is 6.76. The van der Waals surface area contributed by atoms with Crippen molar-refractivity contribution in [3.63, 3.8) is 0 Å². The van der Waals surface area contributed by atoms with Crippen LogP contribution in [0.5, 0.6) is 0 Å². The van der Waals surface area contributed by atoms with Crippen molar-refractivity contribution in [1.82, 2.24) is 19.5 Å². The van der Waals surface area contributed by atoms with Gasteiger partial charge in [0.15, 0.2) is 0 Å². The van der Waals surface area contributed by atoms with Crippen LogP contribution in [0.4, 0.5) is 0 Å². The molecule has 0 spiro atoms. The number of furan rings is 1. The van der Waals surface area contributed by atoms with Gasteiger partial charge in [-0.15, -0.1) is 17.7 Å². The molecule has 1 radical (unpaired) electrons. The maximum absolute atomic E-state index is 6.15. The smallest absolute Gasteiger partial charge is 0.216 e. The molecule has 0 saturated heterocycles. The molecule has 0 atom stereocenters. The molecule has 0 aliphatic rings. The van der Waals surface area contributed by atoms with Gasteiger partial charge in [-0.25, -0.2) is 4.98 Å². The summed E-state index contributed by atoms with van der Waals surface area (Å²) in [6, 6.07) is 31.2. The first kappa shape index (κ1) is 33.8. The summed E-state index contributed by atoms with van der Waals surface area (Å²) in [7, 11) is 2.02. The van der Waals surface area contributed by atoms with Gasteiger partial charge in [0.2, 0.25) is 5.71 Å². The number of aryl methyl sites for hydroxylation is 3. The van der Waals surface area contributed by atoms with Crippen LogP contribution in [0.3, 0.4) is 0 Å². The Kier molecular flexibility index (Phi) is 10.0. The van der Waals surface area contributed by atoms with Crippen molar-refractivity contribution in [2.45, 2.75) is 51.4 Å². The van der Waals surface area contributed by atoms with Gasteiger partial charge in [-0.3, -0.25) is 4.98 Å². The first-order valence-corrected chi connectivity index (χ1v) is 22.9. The van der Waals surface area contributed by atoms with E-state index in [0.29, 0.717) is 11.6 Å². The molecule has 3 aromatic carbocycles. The van der Waals surface area contributed by atoms with Gasteiger partial charge >= 0.3 is 126 Å². The Balaban J connectivity index is 0.000000182. The van der Waals surface area contributed by atoms with E-state index < -0.39 is 13.3 Å². The Morgan fingerprint density at radius 3 is 2.39 bits per heavy atom. The van der Waals surface area contributed by atoms with E-state index in [-0.39, 0.29) is 20.1 Å². The number of imidazole rings is 1. The average Bonchev–Trinajstić information content (AvgIpc) is 3.55. The number of hydrogen-bond acceptors (Lipinski definition) is 4. The minimum Gasteiger partial charge on any atom is -0.486 e. The minimum atomic E-state index is -1.86. The van der Waals surface area contributed by atoms with Crippen molar-refractivity contribution >= 4 is 50.8 Å². The third-order valence-electron chi connectivity index (χ3n) is 8.17. The number of nitrogens with zero attached hydrogens (tertiary/aromatic N) is 4. The summed E-state index contributed by atoms with van der Waals surface area (Å²) in [5, 5.41) is 2.12. The maximum Gasteiger partial charge on any atom is 0.216 e. The van der Waals surface area contributed by atoms with E-state index in [1.165, 1.54) is 5.56 Å². The van der Waals surface area contributed by atoms with E-state index in [2.05, 4.69) is 90.2 Å². The Morgan fingerprint density at radius 1 is 0.935 bits per heavy atom. The molecular weight excluding hydrogens is 805 g/mol. The van der Waals surface area contributed by atoms with Crippen molar-refractivity contribution in [2.24, 2.45) is 13.0 Å². The van der Waals surface area contributed by atoms with Gasteiger partial charge in [0, 0.05) is 38.2 Å². The molecule has 237 valence electrons. The standard InChI is InChI=1S/C21H16N3O.C18H24GeN.Ir/c1-12-8-10-15(20-23-16-6-4-5-7-17(16)24(20)3)19-18(12)14-11-9-13(2)22-21(14)25-19;1-14(2)11-16-12-18(15-9-7-6-8-10-15)20-13-17(16)19(3,4)5;/h4-9,11H,1-3H3;6-9,12-14H,11H2,1-5H3;/q2*-1;. The predicted molar refractivity (Wildman–Crippen MR) is 190 cm³/mol. The Morgan fingerprint density at radius 2 is 1.70 bits per heavy atom. The SMILES string of the molecule is CC(C)Cc1cc(-c2[c-]cccc2)nc[c]1[Ge]([CH3])([CH3])[CH3].Cc1ccc2c(n1)oc1c(-c3nc4ccccc4n3C)[c-]cc(C)c12.[Ir]. The topological polar surface area (TPSA) is 56.7 Å². The van der Waals surface area contributed by atoms with Crippen molar-refractivity contribution < 1.29 is 24.5 Å². The Hall–Kier alpha value is -3.58. The van der Waals surface area contributed by atoms with Crippen LogP contribution >= 0.6 is 0 Å². The molecular formula is C39H40GeIrN4O-2. The number of hydrogen-bond donors (Lipinski definition) is 0. The molecule has 46 heavy (non-hydrogen) atoms. The van der Waals surface area contributed by atoms with Gasteiger partial charge in [0.25, 0.3) is 0 Å². The molecule has 0 aliphatic carbocycles. The average molecular weight is 846 g/mol. The summed E-state index contributed by atoms with van der Waals surface area (Å²) in [6.45, 7) is 8.62. The van der Waals surface area contributed by atoms with Crippen molar-refractivity contribution in [3.05, 3.63) is 108 Å². The number of pyridine rings is 2. The van der Waals surface area contributed by atoms with Gasteiger partial charge in [0.1, 0.15) is 0 Å². The van der Waals surface area contributed by atoms with Crippen LogP contribution in [0.15, 0.2) is 83.4 Å². The van der Waals surface area contributed by atoms with Crippen LogP contribution in [0.25, 0.3) is 55.7 Å². The van der Waals surface area contributed by atoms with Crippen LogP contribution in [-0.2, 0) is 33.6 Å². The number of aromatic nitrogens is 4. The van der Waals surface area contributed by atoms with Gasteiger partial charge in [-0.1, -0.05) is 30.0 Å². The first-order chi connectivity index (χ1) is 21.5. The zero-order chi connectivity index (χ0) is 31.9. The minimum absolute atomic E-state index is 0. The monoisotopic (exact) mass is 847 g/mol. The second-order valence-electron chi connectivity index (χ2n) is 13.3. The Labute approximate surface area is 288 Å². The van der Waals surface area contributed by atoms with Gasteiger partial charge < -0.3 is 8.98 Å². The zero-order valence-electron chi connectivity index (χ0n) is 27.8. The van der Waals surface area contributed by atoms with Crippen LogP contribution in [0, 0.1) is 31.9 Å². The summed E-state index contributed by atoms with van der Waals surface area (Å²) in [6.07, 6.45) is 3.27. The molecule has 7 aromatic rings. The summed E-state index contributed by atoms with van der Waals surface area (Å²) >= 11 is -1.86. The quantitative estimate of drug-likeness (QED) is 0.128. The summed E-state index contributed by atoms with van der Waals surface area (Å²) in [5.74, 6) is 8.84. The number of para-hydroxylation sites is 2. The molecule has 4 heterocycles. The van der Waals surface area contributed by atoms with E-state index in [9.17, 15) is 0 Å². The molecule has 5 nitrogen and oxygen atoms in total. The van der Waals surface area contributed by atoms with Crippen LogP contribution in [0.2, 0.25) is 17.3 Å². The number of fused-ring (bicyclic) bond motifs is 4. The first-order valence-electron chi connectivity index (χ1n) is 15.6. The third-order valence-corrected chi connectivity index (χ3v) is 12.5. The molecule has 0 aliphatic heterocycles. The zero-order valence-corrected chi connectivity index (χ0v) is 32.3. The predicted octanol–water partition coefficient (Wildman–Crippen LogP) is 9.24. The van der Waals surface area contributed by atoms with E-state index in [1.807, 2.05) is 62.5 Å². The molecule has 7 rings (SSSR count). The summed E-state index contributed by atoms with van der Waals surface area (Å²) in [4.78, 5) is 14.0. The van der Waals surface area contributed by atoms with E-state index in [1.54, 1.807) is 4.40 Å². The molecule has 0 N–H and O–H groups in total. The van der Waals surface area contributed by atoms with Gasteiger partial charge in [-0.05, 0) is 31.2 Å². The second kappa shape index (κ2) is 13.6.